The van der Waals surface area contributed by atoms with E-state index in [0.717, 1.165) is 44.9 Å². The highest BCUT2D eigenvalue weighted by Crippen LogP contribution is 2.23. The van der Waals surface area contributed by atoms with Crippen LogP contribution in [0.25, 0.3) is 0 Å². The maximum Gasteiger partial charge on any atom is 0.190 e. The molecule has 0 spiro atoms. The molecule has 0 aliphatic heterocycles. The van der Waals surface area contributed by atoms with Gasteiger partial charge in [0.05, 0.1) is 5.57 Å². The van der Waals surface area contributed by atoms with E-state index in [1.807, 2.05) is 50.3 Å². The molecule has 0 N–H and O–H groups in total. The van der Waals surface area contributed by atoms with Gasteiger partial charge in [-0.05, 0) is 67.0 Å². The second kappa shape index (κ2) is 16.7. The van der Waals surface area contributed by atoms with Gasteiger partial charge in [-0.1, -0.05) is 101 Å². The summed E-state index contributed by atoms with van der Waals surface area (Å²) >= 11 is 0.930. The van der Waals surface area contributed by atoms with Gasteiger partial charge in [0.25, 0.3) is 0 Å². The monoisotopic (exact) mass is 502 g/mol. The van der Waals surface area contributed by atoms with E-state index in [1.165, 1.54) is 19.3 Å². The highest BCUT2D eigenvalue weighted by Gasteiger charge is 2.12. The van der Waals surface area contributed by atoms with Crippen LogP contribution < -0.4 is 0 Å². The molecule has 2 nitrogen and oxygen atoms in total. The second-order valence-electron chi connectivity index (χ2n) is 9.32. The van der Waals surface area contributed by atoms with Gasteiger partial charge in [0.2, 0.25) is 0 Å². The third-order valence-electron chi connectivity index (χ3n) is 6.16. The zero-order chi connectivity index (χ0) is 27.1. The number of Topliss-reactive ketones (excluding diaryl/α,β-unsaturated/α-hetero) is 1. The Kier molecular flexibility index (Phi) is 14.4. The van der Waals surface area contributed by atoms with Crippen LogP contribution in [-0.2, 0) is 9.59 Å². The molecule has 1 unspecified atom stereocenters. The number of carbonyl (C=O) groups is 2. The molecule has 1 aromatic rings. The zero-order valence-corrected chi connectivity index (χ0v) is 23.6. The quantitative estimate of drug-likeness (QED) is 0.0650. The van der Waals surface area contributed by atoms with Crippen molar-refractivity contribution in [2.24, 2.45) is 5.92 Å². The minimum atomic E-state index is -0.152. The SMILES string of the molecule is C=C=C=C(C/C(=C/[SH]=C(\C=C)c1cccc([C@H](C)C(C)=O)c1)C(=C)C)C(=O)/C=C/CC(C)CCCC. The normalized spacial score (nSPS) is 13.7. The Morgan fingerprint density at radius 1 is 1.19 bits per heavy atom. The predicted molar refractivity (Wildman–Crippen MR) is 160 cm³/mol. The van der Waals surface area contributed by atoms with E-state index in [0.29, 0.717) is 17.9 Å². The molecular weight excluding hydrogens is 460 g/mol. The molecule has 1 rings (SSSR count). The van der Waals surface area contributed by atoms with Crippen molar-refractivity contribution in [1.29, 1.82) is 0 Å². The molecule has 2 atom stereocenters. The number of ketones is 2. The lowest BCUT2D eigenvalue weighted by Gasteiger charge is -2.11. The summed E-state index contributed by atoms with van der Waals surface area (Å²) in [5, 5.41) is 2.06. The fraction of sp³-hybridized carbons (Fsp3) is 0.364. The Bertz CT molecular complexity index is 1130. The number of unbranched alkanes of at least 4 members (excludes halogenated alkanes) is 1. The number of allylic oxidation sites excluding steroid dienone is 6. The minimum absolute atomic E-state index is 0.0727. The number of rotatable bonds is 15. The molecule has 36 heavy (non-hydrogen) atoms. The molecule has 0 radical (unpaired) electrons. The van der Waals surface area contributed by atoms with Gasteiger partial charge < -0.3 is 0 Å². The Hall–Kier alpha value is -2.96. The number of benzene rings is 1. The fourth-order valence-corrected chi connectivity index (χ4v) is 4.57. The van der Waals surface area contributed by atoms with E-state index in [4.69, 9.17) is 0 Å². The first kappa shape index (κ1) is 31.1. The smallest absolute Gasteiger partial charge is 0.190 e. The van der Waals surface area contributed by atoms with Crippen LogP contribution in [-0.4, -0.2) is 16.4 Å². The molecular formula is C33H42O2S. The van der Waals surface area contributed by atoms with Gasteiger partial charge >= 0.3 is 0 Å². The molecule has 0 aromatic heterocycles. The summed E-state index contributed by atoms with van der Waals surface area (Å²) < 4.78 is 0. The summed E-state index contributed by atoms with van der Waals surface area (Å²) in [6.07, 6.45) is 10.3. The van der Waals surface area contributed by atoms with Crippen molar-refractivity contribution in [3.63, 3.8) is 0 Å². The van der Waals surface area contributed by atoms with Crippen LogP contribution >= 0.6 is 11.4 Å². The first-order valence-corrected chi connectivity index (χ1v) is 13.6. The molecule has 0 amide bonds. The van der Waals surface area contributed by atoms with Crippen molar-refractivity contribution in [3.8, 4) is 0 Å². The Morgan fingerprint density at radius 3 is 2.50 bits per heavy atom. The van der Waals surface area contributed by atoms with Crippen LogP contribution in [0.1, 0.15) is 83.8 Å². The summed E-state index contributed by atoms with van der Waals surface area (Å²) in [5.74, 6) is 0.474. The van der Waals surface area contributed by atoms with Crippen LogP contribution in [0.2, 0.25) is 0 Å². The lowest BCUT2D eigenvalue weighted by molar-refractivity contribution is -0.118. The van der Waals surface area contributed by atoms with Crippen molar-refractivity contribution in [2.75, 3.05) is 0 Å². The largest absolute Gasteiger partial charge is 0.299 e. The zero-order valence-electron chi connectivity index (χ0n) is 22.7. The molecule has 192 valence electrons. The molecule has 0 aliphatic carbocycles. The van der Waals surface area contributed by atoms with E-state index in [9.17, 15) is 9.59 Å². The standard InChI is InChI=1S/C33H42O2S/c1-9-12-16-25(6)17-13-20-32(35)29(15-10-2)22-31(24(4)5)23-36-33(11-3)30-19-14-18-28(21-30)26(7)27(8)34/h11,13-14,18-21,23,25-26,36H,2-4,9,12,16-17,22H2,1,5-8H3/b20-13+,31-23-/t25?,26-/m1/s1. The first-order chi connectivity index (χ1) is 17.1. The van der Waals surface area contributed by atoms with Gasteiger partial charge in [-0.2, -0.15) is 11.4 Å². The highest BCUT2D eigenvalue weighted by molar-refractivity contribution is 8.02. The van der Waals surface area contributed by atoms with Crippen molar-refractivity contribution < 1.29 is 9.59 Å². The molecule has 3 heteroatoms. The van der Waals surface area contributed by atoms with Gasteiger partial charge in [0.15, 0.2) is 5.78 Å². The Balaban J connectivity index is 3.18. The van der Waals surface area contributed by atoms with Crippen molar-refractivity contribution in [2.45, 2.75) is 72.6 Å². The number of thiol groups is 1. The average Bonchev–Trinajstić information content (AvgIpc) is 2.85. The van der Waals surface area contributed by atoms with Crippen LogP contribution in [0.3, 0.4) is 0 Å². The minimum Gasteiger partial charge on any atom is -0.299 e. The van der Waals surface area contributed by atoms with Gasteiger partial charge in [-0.25, -0.2) is 0 Å². The number of hydrogen-bond acceptors (Lipinski definition) is 2. The van der Waals surface area contributed by atoms with Crippen molar-refractivity contribution in [1.82, 2.24) is 0 Å². The second-order valence-corrected chi connectivity index (χ2v) is 10.3. The molecule has 0 heterocycles. The fourth-order valence-electron chi connectivity index (χ4n) is 3.57. The molecule has 1 aromatic carbocycles. The lowest BCUT2D eigenvalue weighted by atomic mass is 9.95. The summed E-state index contributed by atoms with van der Waals surface area (Å²) in [4.78, 5) is 25.8. The third-order valence-corrected chi connectivity index (χ3v) is 7.31. The molecule has 0 fully saturated rings. The number of carbonyl (C=O) groups excluding carboxylic acids is 2. The number of hydrogen-bond donors (Lipinski definition) is 1. The van der Waals surface area contributed by atoms with E-state index < -0.39 is 0 Å². The average molecular weight is 503 g/mol. The summed E-state index contributed by atoms with van der Waals surface area (Å²) in [5.41, 5.74) is 9.93. The van der Waals surface area contributed by atoms with Crippen LogP contribution in [0.4, 0.5) is 0 Å². The molecule has 0 saturated carbocycles. The van der Waals surface area contributed by atoms with Crippen LogP contribution in [0.15, 0.2) is 95.8 Å². The third kappa shape index (κ3) is 10.8. The predicted octanol–water partition coefficient (Wildman–Crippen LogP) is 8.61. The Morgan fingerprint density at radius 2 is 1.92 bits per heavy atom. The summed E-state index contributed by atoms with van der Waals surface area (Å²) in [6, 6.07) is 8.02. The topological polar surface area (TPSA) is 34.1 Å². The Labute approximate surface area is 222 Å². The van der Waals surface area contributed by atoms with Gasteiger partial charge in [-0.3, -0.25) is 9.59 Å². The van der Waals surface area contributed by atoms with Gasteiger partial charge in [0, 0.05) is 17.2 Å². The van der Waals surface area contributed by atoms with E-state index in [-0.39, 0.29) is 17.5 Å². The molecule has 0 bridgehead atoms. The van der Waals surface area contributed by atoms with Gasteiger partial charge in [0.1, 0.15) is 5.78 Å². The van der Waals surface area contributed by atoms with E-state index in [2.05, 4.69) is 50.5 Å². The molecule has 0 aliphatic rings. The molecule has 0 saturated heterocycles. The maximum absolute atomic E-state index is 12.9. The maximum atomic E-state index is 12.9. The summed E-state index contributed by atoms with van der Waals surface area (Å²) in [6.45, 7) is 21.6. The lowest BCUT2D eigenvalue weighted by Crippen LogP contribution is -2.05. The van der Waals surface area contributed by atoms with Crippen LogP contribution in [0, 0.1) is 5.92 Å². The highest BCUT2D eigenvalue weighted by atomic mass is 32.1. The van der Waals surface area contributed by atoms with Crippen molar-refractivity contribution >= 4 is 27.8 Å². The van der Waals surface area contributed by atoms with E-state index >= 15 is 0 Å². The summed E-state index contributed by atoms with van der Waals surface area (Å²) in [7, 11) is 0. The van der Waals surface area contributed by atoms with Gasteiger partial charge in [-0.15, -0.1) is 0 Å². The van der Waals surface area contributed by atoms with Crippen molar-refractivity contribution in [3.05, 3.63) is 107 Å². The van der Waals surface area contributed by atoms with E-state index in [1.54, 1.807) is 13.0 Å². The van der Waals surface area contributed by atoms with Crippen LogP contribution in [0.5, 0.6) is 0 Å². The first-order valence-electron chi connectivity index (χ1n) is 12.6.